The van der Waals surface area contributed by atoms with Crippen LogP contribution in [0.2, 0.25) is 0 Å². The van der Waals surface area contributed by atoms with E-state index in [1.54, 1.807) is 6.20 Å². The van der Waals surface area contributed by atoms with E-state index < -0.39 is 17.0 Å². The summed E-state index contributed by atoms with van der Waals surface area (Å²) in [5, 5.41) is 13.0. The Morgan fingerprint density at radius 3 is 2.81 bits per heavy atom. The summed E-state index contributed by atoms with van der Waals surface area (Å²) in [7, 11) is -1.30. The van der Waals surface area contributed by atoms with Crippen LogP contribution in [0.4, 0.5) is 11.4 Å². The van der Waals surface area contributed by atoms with Crippen molar-refractivity contribution in [1.29, 1.82) is 0 Å². The number of carboxylic acids is 1. The summed E-state index contributed by atoms with van der Waals surface area (Å²) in [4.78, 5) is 17.1. The summed E-state index contributed by atoms with van der Waals surface area (Å²) in [5.74, 6) is -1.21. The Kier molecular flexibility index (Phi) is 8.06. The van der Waals surface area contributed by atoms with Crippen LogP contribution >= 0.6 is 0 Å². The molecule has 4 rings (SSSR count). The van der Waals surface area contributed by atoms with Crippen LogP contribution in [0.15, 0.2) is 53.6 Å². The van der Waals surface area contributed by atoms with Crippen molar-refractivity contribution in [2.45, 2.75) is 57.4 Å². The molecule has 8 heteroatoms. The molecular formula is C28H34N4O3S. The first-order chi connectivity index (χ1) is 17.3. The van der Waals surface area contributed by atoms with Crippen molar-refractivity contribution in [3.63, 3.8) is 0 Å². The van der Waals surface area contributed by atoms with E-state index in [1.165, 1.54) is 0 Å². The van der Waals surface area contributed by atoms with Gasteiger partial charge >= 0.3 is 5.97 Å². The van der Waals surface area contributed by atoms with Crippen molar-refractivity contribution in [3.8, 4) is 0 Å². The molecule has 1 aromatic heterocycles. The van der Waals surface area contributed by atoms with Gasteiger partial charge in [0.05, 0.1) is 28.4 Å². The van der Waals surface area contributed by atoms with Crippen LogP contribution in [-0.4, -0.2) is 37.7 Å². The monoisotopic (exact) mass is 506 g/mol. The number of carbonyl (C=O) groups is 1. The minimum Gasteiger partial charge on any atom is -0.481 e. The average molecular weight is 507 g/mol. The smallest absolute Gasteiger partial charge is 0.304 e. The third-order valence-electron chi connectivity index (χ3n) is 6.89. The van der Waals surface area contributed by atoms with Gasteiger partial charge in [0.25, 0.3) is 0 Å². The lowest BCUT2D eigenvalue weighted by molar-refractivity contribution is -0.137. The molecule has 7 nitrogen and oxygen atoms in total. The number of aromatic nitrogens is 1. The Hall–Kier alpha value is -3.23. The third-order valence-corrected chi connectivity index (χ3v) is 8.42. The zero-order valence-electron chi connectivity index (χ0n) is 21.1. The fourth-order valence-corrected chi connectivity index (χ4v) is 6.25. The van der Waals surface area contributed by atoms with Crippen molar-refractivity contribution in [2.24, 2.45) is 0 Å². The first-order valence-electron chi connectivity index (χ1n) is 12.3. The van der Waals surface area contributed by atoms with Gasteiger partial charge in [0.2, 0.25) is 0 Å². The summed E-state index contributed by atoms with van der Waals surface area (Å²) >= 11 is 0. The molecule has 4 N–H and O–H groups in total. The summed E-state index contributed by atoms with van der Waals surface area (Å²) < 4.78 is 15.4. The number of aliphatic carboxylic acids is 1. The summed E-state index contributed by atoms with van der Waals surface area (Å²) in [6.07, 6.45) is 3.40. The van der Waals surface area contributed by atoms with Crippen molar-refractivity contribution < 1.29 is 14.1 Å². The largest absolute Gasteiger partial charge is 0.481 e. The average Bonchev–Trinajstić information content (AvgIpc) is 3.01. The molecule has 0 bridgehead atoms. The van der Waals surface area contributed by atoms with Crippen molar-refractivity contribution in [1.82, 2.24) is 9.29 Å². The lowest BCUT2D eigenvalue weighted by Crippen LogP contribution is -2.26. The number of anilines is 2. The summed E-state index contributed by atoms with van der Waals surface area (Å²) in [5.41, 5.74) is 13.6. The van der Waals surface area contributed by atoms with E-state index in [9.17, 15) is 14.1 Å². The fraction of sp³-hybridized carbons (Fsp3) is 0.357. The minimum atomic E-state index is -1.30. The summed E-state index contributed by atoms with van der Waals surface area (Å²) in [6, 6.07) is 13.7. The molecule has 0 aliphatic carbocycles. The van der Waals surface area contributed by atoms with Crippen molar-refractivity contribution in [3.05, 3.63) is 82.2 Å². The molecule has 0 saturated heterocycles. The number of benzene rings is 2. The molecule has 0 radical (unpaired) electrons. The molecule has 2 aromatic carbocycles. The number of hydrogen-bond acceptors (Lipinski definition) is 5. The highest BCUT2D eigenvalue weighted by Gasteiger charge is 2.25. The van der Waals surface area contributed by atoms with Crippen LogP contribution in [0.1, 0.15) is 59.2 Å². The quantitative estimate of drug-likeness (QED) is 0.379. The molecule has 0 amide bonds. The Morgan fingerprint density at radius 2 is 2.06 bits per heavy atom. The fourth-order valence-electron chi connectivity index (χ4n) is 4.87. The van der Waals surface area contributed by atoms with Crippen LogP contribution < -0.4 is 11.1 Å². The van der Waals surface area contributed by atoms with E-state index in [2.05, 4.69) is 16.4 Å². The van der Waals surface area contributed by atoms with Crippen LogP contribution in [0, 0.1) is 13.8 Å². The lowest BCUT2D eigenvalue weighted by atomic mass is 9.84. The maximum atomic E-state index is 13.4. The molecule has 2 heterocycles. The summed E-state index contributed by atoms with van der Waals surface area (Å²) in [6.45, 7) is 7.96. The Labute approximate surface area is 215 Å². The number of hydrogen-bond donors (Lipinski definition) is 3. The number of carboxylic acid groups (broad SMARTS) is 1. The number of nitrogens with one attached hydrogen (secondary N) is 1. The van der Waals surface area contributed by atoms with Crippen LogP contribution in [-0.2, 0) is 28.7 Å². The molecule has 0 spiro atoms. The molecular weight excluding hydrogens is 472 g/mol. The third kappa shape index (κ3) is 5.44. The topological polar surface area (TPSA) is 109 Å². The predicted molar refractivity (Wildman–Crippen MR) is 144 cm³/mol. The minimum absolute atomic E-state index is 0.0436. The molecule has 2 atom stereocenters. The number of fused-ring (bicyclic) bond motifs is 1. The van der Waals surface area contributed by atoms with Crippen LogP contribution in [0.25, 0.3) is 0 Å². The van der Waals surface area contributed by atoms with E-state index in [-0.39, 0.29) is 12.3 Å². The first-order valence-corrected chi connectivity index (χ1v) is 13.5. The van der Waals surface area contributed by atoms with Gasteiger partial charge in [-0.1, -0.05) is 24.3 Å². The number of nitrogens with two attached hydrogens (primary N) is 1. The molecule has 36 heavy (non-hydrogen) atoms. The molecule has 0 fully saturated rings. The normalized spacial score (nSPS) is 16.7. The van der Waals surface area contributed by atoms with Gasteiger partial charge in [-0.05, 0) is 79.6 Å². The van der Waals surface area contributed by atoms with E-state index >= 15 is 0 Å². The van der Waals surface area contributed by atoms with Gasteiger partial charge < -0.3 is 16.2 Å². The molecule has 1 aliphatic heterocycles. The first kappa shape index (κ1) is 25.9. The van der Waals surface area contributed by atoms with Crippen LogP contribution in [0.5, 0.6) is 0 Å². The number of nitrogens with zero attached hydrogens (tertiary/aromatic N) is 2. The van der Waals surface area contributed by atoms with Gasteiger partial charge in [-0.3, -0.25) is 9.78 Å². The Balaban J connectivity index is 1.69. The molecule has 3 aromatic rings. The number of nitrogen functional groups attached to an aromatic ring is 1. The second-order valence-electron chi connectivity index (χ2n) is 9.27. The highest BCUT2D eigenvalue weighted by molar-refractivity contribution is 7.82. The molecule has 1 aliphatic rings. The van der Waals surface area contributed by atoms with E-state index in [4.69, 9.17) is 5.73 Å². The number of rotatable bonds is 8. The van der Waals surface area contributed by atoms with E-state index in [1.807, 2.05) is 61.5 Å². The number of pyridine rings is 1. The second-order valence-corrected chi connectivity index (χ2v) is 10.7. The van der Waals surface area contributed by atoms with Crippen LogP contribution in [0.3, 0.4) is 0 Å². The van der Waals surface area contributed by atoms with Gasteiger partial charge in [0, 0.05) is 31.7 Å². The number of aryl methyl sites for hydroxylation is 2. The highest BCUT2D eigenvalue weighted by atomic mass is 32.2. The Morgan fingerprint density at radius 1 is 1.25 bits per heavy atom. The van der Waals surface area contributed by atoms with Crippen molar-refractivity contribution in [2.75, 3.05) is 24.1 Å². The molecule has 2 unspecified atom stereocenters. The maximum absolute atomic E-state index is 13.4. The van der Waals surface area contributed by atoms with Gasteiger partial charge in [0.15, 0.2) is 0 Å². The van der Waals surface area contributed by atoms with Gasteiger partial charge in [-0.25, -0.2) is 8.51 Å². The molecule has 190 valence electrons. The van der Waals surface area contributed by atoms with Gasteiger partial charge in [-0.15, -0.1) is 0 Å². The second kappa shape index (κ2) is 11.2. The van der Waals surface area contributed by atoms with Gasteiger partial charge in [-0.2, -0.15) is 0 Å². The standard InChI is InChI=1S/C28H34N4O3S/c1-4-30-25-12-11-22(19(3)28(25)29)23(16-27(33)34)20-10-9-18(2)21(15-20)17-32-14-6-7-24-26(36(32)35)8-5-13-31-24/h5,8-13,15,23,30H,4,6-7,14,16-17,29H2,1-3H3,(H,33,34). The molecule has 0 saturated carbocycles. The van der Waals surface area contributed by atoms with E-state index in [0.717, 1.165) is 63.5 Å². The zero-order valence-corrected chi connectivity index (χ0v) is 21.9. The van der Waals surface area contributed by atoms with Gasteiger partial charge in [0.1, 0.15) is 11.0 Å². The highest BCUT2D eigenvalue weighted by Crippen LogP contribution is 2.36. The predicted octanol–water partition coefficient (Wildman–Crippen LogP) is 4.79. The zero-order chi connectivity index (χ0) is 25.8. The lowest BCUT2D eigenvalue weighted by Gasteiger charge is -2.24. The Bertz CT molecular complexity index is 1290. The van der Waals surface area contributed by atoms with Crippen molar-refractivity contribution >= 4 is 28.3 Å². The maximum Gasteiger partial charge on any atom is 0.304 e. The SMILES string of the molecule is CCNc1ccc(C(CC(=O)O)c2ccc(C)c(CN3CCCc4ncccc4S3=O)c2)c(C)c1N. The van der Waals surface area contributed by atoms with E-state index in [0.29, 0.717) is 18.8 Å².